The van der Waals surface area contributed by atoms with E-state index in [4.69, 9.17) is 0 Å². The monoisotopic (exact) mass is 348 g/mol. The molecule has 0 aliphatic carbocycles. The van der Waals surface area contributed by atoms with Crippen LogP contribution in [0.1, 0.15) is 24.4 Å². The molecule has 0 saturated carbocycles. The quantitative estimate of drug-likeness (QED) is 0.873. The van der Waals surface area contributed by atoms with Crippen LogP contribution >= 0.6 is 0 Å². The lowest BCUT2D eigenvalue weighted by Gasteiger charge is -2.28. The maximum atomic E-state index is 13.0. The van der Waals surface area contributed by atoms with Gasteiger partial charge in [-0.15, -0.1) is 0 Å². The van der Waals surface area contributed by atoms with Gasteiger partial charge >= 0.3 is 0 Å². The Balaban J connectivity index is 1.76. The molecule has 1 fully saturated rings. The van der Waals surface area contributed by atoms with Gasteiger partial charge in [0.05, 0.1) is 4.90 Å². The third-order valence-electron chi connectivity index (χ3n) is 4.36. The van der Waals surface area contributed by atoms with Gasteiger partial charge in [0, 0.05) is 12.6 Å². The summed E-state index contributed by atoms with van der Waals surface area (Å²) in [6.07, 6.45) is 2.27. The van der Waals surface area contributed by atoms with E-state index in [9.17, 15) is 12.8 Å². The van der Waals surface area contributed by atoms with Gasteiger partial charge in [-0.05, 0) is 55.8 Å². The van der Waals surface area contributed by atoms with E-state index < -0.39 is 15.8 Å². The van der Waals surface area contributed by atoms with E-state index in [0.717, 1.165) is 43.6 Å². The van der Waals surface area contributed by atoms with Crippen LogP contribution in [0.15, 0.2) is 59.5 Å². The average molecular weight is 348 g/mol. The standard InChI is InChI=1S/C18H21FN2O2S/c19-16-8-10-17(11-9-16)24(22,23)20-14-18(21-12-4-5-13-21)15-6-2-1-3-7-15/h1-3,6-11,18,20H,4-5,12-14H2/t18-/m0/s1. The zero-order chi connectivity index (χ0) is 17.0. The summed E-state index contributed by atoms with van der Waals surface area (Å²) in [4.78, 5) is 2.39. The third kappa shape index (κ3) is 4.01. The Hall–Kier alpha value is -1.76. The van der Waals surface area contributed by atoms with Gasteiger partial charge in [-0.25, -0.2) is 17.5 Å². The summed E-state index contributed by atoms with van der Waals surface area (Å²) < 4.78 is 40.6. The minimum absolute atomic E-state index is 0.00363. The lowest BCUT2D eigenvalue weighted by atomic mass is 10.1. The van der Waals surface area contributed by atoms with Crippen LogP contribution in [0, 0.1) is 5.82 Å². The van der Waals surface area contributed by atoms with E-state index >= 15 is 0 Å². The Bertz CT molecular complexity index is 757. The molecule has 0 spiro atoms. The molecule has 1 atom stereocenters. The van der Waals surface area contributed by atoms with Crippen molar-refractivity contribution in [2.24, 2.45) is 0 Å². The minimum Gasteiger partial charge on any atom is -0.295 e. The zero-order valence-electron chi connectivity index (χ0n) is 13.4. The van der Waals surface area contributed by atoms with Gasteiger partial charge < -0.3 is 0 Å². The van der Waals surface area contributed by atoms with Crippen molar-refractivity contribution in [1.82, 2.24) is 9.62 Å². The number of hydrogen-bond donors (Lipinski definition) is 1. The van der Waals surface area contributed by atoms with Crippen LogP contribution in [0.4, 0.5) is 4.39 Å². The molecule has 1 aliphatic rings. The molecule has 0 unspecified atom stereocenters. The molecule has 6 heteroatoms. The first-order chi connectivity index (χ1) is 11.6. The Kier molecular flexibility index (Phi) is 5.28. The van der Waals surface area contributed by atoms with E-state index in [0.29, 0.717) is 6.54 Å². The van der Waals surface area contributed by atoms with Crippen LogP contribution in [0.2, 0.25) is 0 Å². The predicted octanol–water partition coefficient (Wildman–Crippen LogP) is 2.94. The largest absolute Gasteiger partial charge is 0.295 e. The van der Waals surface area contributed by atoms with Crippen molar-refractivity contribution in [3.63, 3.8) is 0 Å². The molecule has 0 amide bonds. The predicted molar refractivity (Wildman–Crippen MR) is 91.6 cm³/mol. The average Bonchev–Trinajstić information content (AvgIpc) is 3.11. The van der Waals surface area contributed by atoms with Gasteiger partial charge in [0.15, 0.2) is 0 Å². The molecule has 24 heavy (non-hydrogen) atoms. The van der Waals surface area contributed by atoms with Gasteiger partial charge in [-0.3, -0.25) is 4.90 Å². The van der Waals surface area contributed by atoms with Crippen molar-refractivity contribution >= 4 is 10.0 Å². The molecule has 128 valence electrons. The topological polar surface area (TPSA) is 49.4 Å². The molecule has 2 aromatic carbocycles. The fourth-order valence-electron chi connectivity index (χ4n) is 3.07. The Morgan fingerprint density at radius 2 is 1.62 bits per heavy atom. The van der Waals surface area contributed by atoms with Crippen LogP contribution in [-0.2, 0) is 10.0 Å². The highest BCUT2D eigenvalue weighted by atomic mass is 32.2. The SMILES string of the molecule is O=S(=O)(NC[C@@H](c1ccccc1)N1CCCC1)c1ccc(F)cc1. The number of halogens is 1. The van der Waals surface area contributed by atoms with Crippen LogP contribution in [-0.4, -0.2) is 33.0 Å². The normalized spacial score (nSPS) is 17.0. The highest BCUT2D eigenvalue weighted by Gasteiger charge is 2.25. The fraction of sp³-hybridized carbons (Fsp3) is 0.333. The number of likely N-dealkylation sites (tertiary alicyclic amines) is 1. The van der Waals surface area contributed by atoms with Crippen LogP contribution in [0.25, 0.3) is 0 Å². The molecule has 1 saturated heterocycles. The van der Waals surface area contributed by atoms with E-state index in [1.807, 2.05) is 30.3 Å². The summed E-state index contributed by atoms with van der Waals surface area (Å²) in [6, 6.07) is 14.8. The van der Waals surface area contributed by atoms with Crippen molar-refractivity contribution in [2.45, 2.75) is 23.8 Å². The van der Waals surface area contributed by atoms with E-state index in [1.54, 1.807) is 0 Å². The molecule has 3 rings (SSSR count). The Morgan fingerprint density at radius 3 is 2.25 bits per heavy atom. The molecule has 1 aliphatic heterocycles. The Labute approximate surface area is 142 Å². The number of benzene rings is 2. The third-order valence-corrected chi connectivity index (χ3v) is 5.80. The van der Waals surface area contributed by atoms with Crippen molar-refractivity contribution in [3.05, 3.63) is 66.0 Å². The maximum absolute atomic E-state index is 13.0. The number of nitrogens with one attached hydrogen (secondary N) is 1. The first-order valence-corrected chi connectivity index (χ1v) is 9.59. The zero-order valence-corrected chi connectivity index (χ0v) is 14.2. The molecular weight excluding hydrogens is 327 g/mol. The smallest absolute Gasteiger partial charge is 0.240 e. The maximum Gasteiger partial charge on any atom is 0.240 e. The van der Waals surface area contributed by atoms with Gasteiger partial charge in [-0.1, -0.05) is 30.3 Å². The molecule has 2 aromatic rings. The first-order valence-electron chi connectivity index (χ1n) is 8.10. The molecule has 0 bridgehead atoms. The lowest BCUT2D eigenvalue weighted by molar-refractivity contribution is 0.246. The first kappa shape index (κ1) is 17.1. The van der Waals surface area contributed by atoms with Crippen LogP contribution in [0.5, 0.6) is 0 Å². The van der Waals surface area contributed by atoms with Crippen molar-refractivity contribution < 1.29 is 12.8 Å². The summed E-state index contributed by atoms with van der Waals surface area (Å²) in [7, 11) is -3.65. The van der Waals surface area contributed by atoms with E-state index in [2.05, 4.69) is 9.62 Å². The second-order valence-electron chi connectivity index (χ2n) is 5.98. The lowest BCUT2D eigenvalue weighted by Crippen LogP contribution is -2.36. The van der Waals surface area contributed by atoms with Crippen molar-refractivity contribution in [3.8, 4) is 0 Å². The summed E-state index contributed by atoms with van der Waals surface area (Å²) in [5, 5.41) is 0. The summed E-state index contributed by atoms with van der Waals surface area (Å²) in [6.45, 7) is 2.24. The fourth-order valence-corrected chi connectivity index (χ4v) is 4.11. The van der Waals surface area contributed by atoms with Crippen LogP contribution < -0.4 is 4.72 Å². The van der Waals surface area contributed by atoms with Gasteiger partial charge in [0.2, 0.25) is 10.0 Å². The summed E-state index contributed by atoms with van der Waals surface area (Å²) >= 11 is 0. The van der Waals surface area contributed by atoms with Crippen LogP contribution in [0.3, 0.4) is 0 Å². The molecule has 1 N–H and O–H groups in total. The van der Waals surface area contributed by atoms with Crippen molar-refractivity contribution in [2.75, 3.05) is 19.6 Å². The van der Waals surface area contributed by atoms with Gasteiger partial charge in [0.1, 0.15) is 5.82 Å². The molecule has 0 aromatic heterocycles. The number of hydrogen-bond acceptors (Lipinski definition) is 3. The van der Waals surface area contributed by atoms with Gasteiger partial charge in [0.25, 0.3) is 0 Å². The summed E-state index contributed by atoms with van der Waals surface area (Å²) in [5.41, 5.74) is 1.10. The van der Waals surface area contributed by atoms with Gasteiger partial charge in [-0.2, -0.15) is 0 Å². The highest BCUT2D eigenvalue weighted by Crippen LogP contribution is 2.25. The molecular formula is C18H21FN2O2S. The molecule has 1 heterocycles. The summed E-state index contributed by atoms with van der Waals surface area (Å²) in [5.74, 6) is -0.451. The number of sulfonamides is 1. The number of nitrogens with zero attached hydrogens (tertiary/aromatic N) is 1. The Morgan fingerprint density at radius 1 is 1.00 bits per heavy atom. The van der Waals surface area contributed by atoms with E-state index in [1.165, 1.54) is 12.1 Å². The number of rotatable bonds is 6. The molecule has 4 nitrogen and oxygen atoms in total. The van der Waals surface area contributed by atoms with E-state index in [-0.39, 0.29) is 10.9 Å². The molecule has 0 radical (unpaired) electrons. The van der Waals surface area contributed by atoms with Crippen molar-refractivity contribution in [1.29, 1.82) is 0 Å². The second-order valence-corrected chi connectivity index (χ2v) is 7.74. The second kappa shape index (κ2) is 7.42. The highest BCUT2D eigenvalue weighted by molar-refractivity contribution is 7.89. The minimum atomic E-state index is -3.65.